The van der Waals surface area contributed by atoms with E-state index < -0.39 is 12.1 Å². The summed E-state index contributed by atoms with van der Waals surface area (Å²) in [7, 11) is 3.08. The van der Waals surface area contributed by atoms with Gasteiger partial charge in [-0.05, 0) is 49.7 Å². The van der Waals surface area contributed by atoms with Crippen LogP contribution in [0, 0.1) is 5.41 Å². The van der Waals surface area contributed by atoms with Gasteiger partial charge in [0.15, 0.2) is 17.7 Å². The van der Waals surface area contributed by atoms with E-state index in [9.17, 15) is 9.59 Å². The van der Waals surface area contributed by atoms with Gasteiger partial charge in [0, 0.05) is 30.3 Å². The fraction of sp³-hybridized carbons (Fsp3) is 0.462. The SMILES string of the molecule is COc1cc2c(cc1OC)C(=O)N(C1CN=C(C(=O)Nc3cnccc3N3CC4(CCNCC4)C3)O1)C2. The number of carbonyl (C=O) groups excluding carboxylic acids is 2. The molecular weight excluding hydrogens is 476 g/mol. The number of hydrogen-bond donors (Lipinski definition) is 2. The molecule has 6 rings (SSSR count). The van der Waals surface area contributed by atoms with Crippen LogP contribution in [-0.2, 0) is 16.1 Å². The van der Waals surface area contributed by atoms with Gasteiger partial charge in [0.2, 0.25) is 0 Å². The highest BCUT2D eigenvalue weighted by Crippen LogP contribution is 2.43. The van der Waals surface area contributed by atoms with Gasteiger partial charge < -0.3 is 29.7 Å². The van der Waals surface area contributed by atoms with E-state index >= 15 is 0 Å². The van der Waals surface area contributed by atoms with Crippen molar-refractivity contribution in [3.8, 4) is 11.5 Å². The van der Waals surface area contributed by atoms with Crippen LogP contribution in [-0.4, -0.2) is 80.8 Å². The summed E-state index contributed by atoms with van der Waals surface area (Å²) in [6, 6.07) is 5.39. The van der Waals surface area contributed by atoms with Crippen molar-refractivity contribution in [3.63, 3.8) is 0 Å². The summed E-state index contributed by atoms with van der Waals surface area (Å²) >= 11 is 0. The average molecular weight is 507 g/mol. The molecule has 1 atom stereocenters. The van der Waals surface area contributed by atoms with E-state index in [4.69, 9.17) is 14.2 Å². The number of nitrogens with zero attached hydrogens (tertiary/aromatic N) is 4. The van der Waals surface area contributed by atoms with E-state index in [1.165, 1.54) is 20.0 Å². The van der Waals surface area contributed by atoms with Crippen molar-refractivity contribution in [2.75, 3.05) is 57.2 Å². The Balaban J connectivity index is 1.10. The Morgan fingerprint density at radius 3 is 2.70 bits per heavy atom. The molecule has 2 aromatic rings. The van der Waals surface area contributed by atoms with E-state index in [-0.39, 0.29) is 18.3 Å². The van der Waals surface area contributed by atoms with Gasteiger partial charge in [-0.2, -0.15) is 0 Å². The van der Waals surface area contributed by atoms with Crippen molar-refractivity contribution in [1.82, 2.24) is 15.2 Å². The van der Waals surface area contributed by atoms with Crippen molar-refractivity contribution in [2.45, 2.75) is 25.6 Å². The molecule has 11 nitrogen and oxygen atoms in total. The average Bonchev–Trinajstić information content (AvgIpc) is 3.52. The first-order valence-corrected chi connectivity index (χ1v) is 12.5. The predicted octanol–water partition coefficient (Wildman–Crippen LogP) is 1.64. The maximum atomic E-state index is 13.1. The molecule has 37 heavy (non-hydrogen) atoms. The minimum atomic E-state index is -0.666. The number of methoxy groups -OCH3 is 2. The highest BCUT2D eigenvalue weighted by Gasteiger charge is 2.44. The Hall–Kier alpha value is -3.86. The summed E-state index contributed by atoms with van der Waals surface area (Å²) in [6.07, 6.45) is 5.05. The number of pyridine rings is 1. The molecule has 11 heteroatoms. The summed E-state index contributed by atoms with van der Waals surface area (Å²) < 4.78 is 16.6. The van der Waals surface area contributed by atoms with Crippen LogP contribution in [0.3, 0.4) is 0 Å². The van der Waals surface area contributed by atoms with Crippen LogP contribution in [0.15, 0.2) is 35.6 Å². The number of rotatable bonds is 6. The molecule has 2 amide bonds. The van der Waals surface area contributed by atoms with E-state index in [0.717, 1.165) is 37.4 Å². The molecule has 5 heterocycles. The smallest absolute Gasteiger partial charge is 0.310 e. The first kappa shape index (κ1) is 23.5. The lowest BCUT2D eigenvalue weighted by Gasteiger charge is -2.53. The third-order valence-electron chi connectivity index (χ3n) is 7.73. The number of aromatic nitrogens is 1. The fourth-order valence-electron chi connectivity index (χ4n) is 5.69. The number of amides is 2. The van der Waals surface area contributed by atoms with Crippen LogP contribution in [0.1, 0.15) is 28.8 Å². The highest BCUT2D eigenvalue weighted by molar-refractivity contribution is 6.40. The largest absolute Gasteiger partial charge is 0.493 e. The molecule has 0 radical (unpaired) electrons. The van der Waals surface area contributed by atoms with E-state index in [1.807, 2.05) is 6.07 Å². The Kier molecular flexibility index (Phi) is 5.86. The second-order valence-electron chi connectivity index (χ2n) is 9.97. The monoisotopic (exact) mass is 506 g/mol. The second-order valence-corrected chi connectivity index (χ2v) is 9.97. The number of benzene rings is 1. The molecule has 2 saturated heterocycles. The van der Waals surface area contributed by atoms with Crippen LogP contribution in [0.25, 0.3) is 0 Å². The predicted molar refractivity (Wildman–Crippen MR) is 136 cm³/mol. The van der Waals surface area contributed by atoms with Gasteiger partial charge in [-0.3, -0.25) is 19.5 Å². The fourth-order valence-corrected chi connectivity index (χ4v) is 5.69. The molecule has 2 fully saturated rings. The van der Waals surface area contributed by atoms with Crippen LogP contribution < -0.4 is 25.0 Å². The number of anilines is 2. The third kappa shape index (κ3) is 4.12. The first-order valence-electron chi connectivity index (χ1n) is 12.5. The lowest BCUT2D eigenvalue weighted by molar-refractivity contribution is -0.112. The molecule has 0 aliphatic carbocycles. The zero-order chi connectivity index (χ0) is 25.6. The zero-order valence-electron chi connectivity index (χ0n) is 21.0. The summed E-state index contributed by atoms with van der Waals surface area (Å²) in [6.45, 7) is 4.56. The van der Waals surface area contributed by atoms with Crippen molar-refractivity contribution in [2.24, 2.45) is 10.4 Å². The maximum Gasteiger partial charge on any atom is 0.310 e. The lowest BCUT2D eigenvalue weighted by atomic mass is 9.72. The van der Waals surface area contributed by atoms with Gasteiger partial charge in [-0.25, -0.2) is 4.99 Å². The Bertz CT molecular complexity index is 1270. The molecule has 194 valence electrons. The van der Waals surface area contributed by atoms with Crippen LogP contribution in [0.2, 0.25) is 0 Å². The van der Waals surface area contributed by atoms with Crippen molar-refractivity contribution >= 4 is 29.1 Å². The Morgan fingerprint density at radius 2 is 1.95 bits per heavy atom. The minimum Gasteiger partial charge on any atom is -0.493 e. The molecule has 1 aromatic heterocycles. The number of fused-ring (bicyclic) bond motifs is 1. The van der Waals surface area contributed by atoms with Crippen LogP contribution >= 0.6 is 0 Å². The quantitative estimate of drug-likeness (QED) is 0.607. The maximum absolute atomic E-state index is 13.1. The van der Waals surface area contributed by atoms with Gasteiger partial charge in [0.25, 0.3) is 11.8 Å². The van der Waals surface area contributed by atoms with E-state index in [1.54, 1.807) is 36.5 Å². The van der Waals surface area contributed by atoms with Gasteiger partial charge in [0.1, 0.15) is 0 Å². The van der Waals surface area contributed by atoms with Gasteiger partial charge in [-0.1, -0.05) is 0 Å². The molecular formula is C26H30N6O5. The lowest BCUT2D eigenvalue weighted by Crippen LogP contribution is -2.60. The van der Waals surface area contributed by atoms with Gasteiger partial charge in [0.05, 0.1) is 44.9 Å². The first-order chi connectivity index (χ1) is 18.0. The molecule has 2 N–H and O–H groups in total. The number of carbonyl (C=O) groups is 2. The normalized spacial score (nSPS) is 21.7. The summed E-state index contributed by atoms with van der Waals surface area (Å²) in [4.78, 5) is 38.5. The third-order valence-corrected chi connectivity index (χ3v) is 7.73. The molecule has 1 spiro atoms. The summed E-state index contributed by atoms with van der Waals surface area (Å²) in [5.41, 5.74) is 3.26. The molecule has 0 bridgehead atoms. The summed E-state index contributed by atoms with van der Waals surface area (Å²) in [5.74, 6) is 0.344. The highest BCUT2D eigenvalue weighted by atomic mass is 16.5. The molecule has 0 saturated carbocycles. The minimum absolute atomic E-state index is 0.0443. The number of piperidine rings is 1. The number of aliphatic imine (C=N–C) groups is 1. The number of ether oxygens (including phenoxy) is 3. The van der Waals surface area contributed by atoms with E-state index in [0.29, 0.717) is 34.7 Å². The molecule has 4 aliphatic heterocycles. The van der Waals surface area contributed by atoms with Gasteiger partial charge >= 0.3 is 5.91 Å². The zero-order valence-corrected chi connectivity index (χ0v) is 21.0. The van der Waals surface area contributed by atoms with E-state index in [2.05, 4.69) is 25.5 Å². The topological polar surface area (TPSA) is 118 Å². The number of nitrogens with one attached hydrogen (secondary N) is 2. The van der Waals surface area contributed by atoms with Crippen molar-refractivity contribution in [3.05, 3.63) is 41.7 Å². The molecule has 1 unspecified atom stereocenters. The van der Waals surface area contributed by atoms with Crippen molar-refractivity contribution < 1.29 is 23.8 Å². The summed E-state index contributed by atoms with van der Waals surface area (Å²) in [5, 5.41) is 6.34. The molecule has 1 aromatic carbocycles. The molecule has 4 aliphatic rings. The number of hydrogen-bond acceptors (Lipinski definition) is 9. The standard InChI is InChI=1S/C26H30N6O5/c1-35-20-9-16-13-32(25(34)17(16)10-21(20)36-2)22-12-29-24(37-22)23(33)30-18-11-28-6-3-19(18)31-14-26(15-31)4-7-27-8-5-26/h3,6,9-11,22,27H,4-5,7-8,12-15H2,1-2H3,(H,30,33). The van der Waals surface area contributed by atoms with Gasteiger partial charge in [-0.15, -0.1) is 0 Å². The Morgan fingerprint density at radius 1 is 1.19 bits per heavy atom. The second kappa shape index (κ2) is 9.22. The van der Waals surface area contributed by atoms with Crippen LogP contribution in [0.4, 0.5) is 11.4 Å². The van der Waals surface area contributed by atoms with Crippen molar-refractivity contribution in [1.29, 1.82) is 0 Å². The van der Waals surface area contributed by atoms with Crippen LogP contribution in [0.5, 0.6) is 11.5 Å². The Labute approximate surface area is 214 Å².